The Morgan fingerprint density at radius 2 is 1.31 bits per heavy atom. The van der Waals surface area contributed by atoms with Gasteiger partial charge in [0.25, 0.3) is 0 Å². The van der Waals surface area contributed by atoms with Crippen molar-refractivity contribution in [3.8, 4) is 22.3 Å². The molecule has 2 saturated heterocycles. The first-order valence-electron chi connectivity index (χ1n) is 17.7. The summed E-state index contributed by atoms with van der Waals surface area (Å²) in [4.78, 5) is 8.64. The zero-order chi connectivity index (χ0) is 30.2. The number of fused-ring (bicyclic) bond motifs is 11. The summed E-state index contributed by atoms with van der Waals surface area (Å²) >= 11 is 0. The van der Waals surface area contributed by atoms with Crippen LogP contribution in [0.25, 0.3) is 33.3 Å². The largest absolute Gasteiger partial charge is 0.495 e. The summed E-state index contributed by atoms with van der Waals surface area (Å²) in [5, 5.41) is 3.60. The summed E-state index contributed by atoms with van der Waals surface area (Å²) in [7, 11) is -0.288. The molecule has 5 atom stereocenters. The minimum absolute atomic E-state index is 0.288. The van der Waals surface area contributed by atoms with Gasteiger partial charge in [0.15, 0.2) is 0 Å². The summed E-state index contributed by atoms with van der Waals surface area (Å²) in [5.41, 5.74) is 15.1. The normalized spacial score (nSPS) is 30.1. The first-order valence-corrected chi connectivity index (χ1v) is 17.7. The lowest BCUT2D eigenvalue weighted by molar-refractivity contribution is 0.00578. The summed E-state index contributed by atoms with van der Waals surface area (Å²) in [5.74, 6) is 3.72. The van der Waals surface area contributed by atoms with E-state index in [1.54, 1.807) is 22.3 Å². The summed E-state index contributed by atoms with van der Waals surface area (Å²) in [6.07, 6.45) is 10.2. The average molecular weight is 598 g/mol. The van der Waals surface area contributed by atoms with E-state index in [1.165, 1.54) is 72.7 Å². The predicted octanol–water partition coefficient (Wildman–Crippen LogP) is 8.35. The highest BCUT2D eigenvalue weighted by Crippen LogP contribution is 2.61. The van der Waals surface area contributed by atoms with Crippen molar-refractivity contribution in [1.29, 1.82) is 0 Å². The van der Waals surface area contributed by atoms with Crippen LogP contribution in [0.15, 0.2) is 42.5 Å². The van der Waals surface area contributed by atoms with Crippen LogP contribution in [0.5, 0.6) is 0 Å². The smallest absolute Gasteiger partial charge is 0.399 e. The third-order valence-corrected chi connectivity index (χ3v) is 13.1. The molecule has 6 heteroatoms. The fourth-order valence-corrected chi connectivity index (χ4v) is 10.3. The van der Waals surface area contributed by atoms with Crippen molar-refractivity contribution in [2.45, 2.75) is 120 Å². The Hall–Kier alpha value is -2.93. The van der Waals surface area contributed by atoms with Crippen molar-refractivity contribution in [1.82, 2.24) is 15.3 Å². The molecule has 10 rings (SSSR count). The number of imidazole rings is 1. The lowest BCUT2D eigenvalue weighted by Crippen LogP contribution is -2.41. The molecule has 4 aliphatic carbocycles. The summed E-state index contributed by atoms with van der Waals surface area (Å²) < 4.78 is 13.3. The van der Waals surface area contributed by atoms with Gasteiger partial charge in [-0.05, 0) is 171 Å². The number of rotatable bonds is 4. The molecule has 2 N–H and O–H groups in total. The van der Waals surface area contributed by atoms with Crippen LogP contribution in [0.3, 0.4) is 0 Å². The molecule has 6 aliphatic rings. The molecule has 5 nitrogen and oxygen atoms in total. The molecule has 3 aromatic carbocycles. The third-order valence-electron chi connectivity index (χ3n) is 13.1. The van der Waals surface area contributed by atoms with Crippen LogP contribution in [0.4, 0.5) is 0 Å². The number of benzene rings is 3. The number of nitrogens with one attached hydrogen (secondary N) is 2. The molecule has 0 radical (unpaired) electrons. The zero-order valence-electron chi connectivity index (χ0n) is 27.1. The van der Waals surface area contributed by atoms with E-state index in [0.29, 0.717) is 29.7 Å². The summed E-state index contributed by atoms with van der Waals surface area (Å²) in [6.45, 7) is 9.76. The monoisotopic (exact) mass is 597 g/mol. The molecule has 2 aliphatic heterocycles. The second-order valence-electron chi connectivity index (χ2n) is 16.0. The third kappa shape index (κ3) is 3.82. The van der Waals surface area contributed by atoms with Gasteiger partial charge in [0, 0.05) is 0 Å². The Morgan fingerprint density at radius 3 is 1.98 bits per heavy atom. The minimum Gasteiger partial charge on any atom is -0.399 e. The Balaban J connectivity index is 1.09. The second-order valence-corrected chi connectivity index (χ2v) is 16.0. The average Bonchev–Trinajstić information content (AvgIpc) is 3.88. The maximum Gasteiger partial charge on any atom is 0.495 e. The fraction of sp³-hybridized carbons (Fsp3) is 0.513. The Bertz CT molecular complexity index is 1870. The van der Waals surface area contributed by atoms with Crippen molar-refractivity contribution in [3.63, 3.8) is 0 Å². The predicted molar refractivity (Wildman–Crippen MR) is 181 cm³/mol. The van der Waals surface area contributed by atoms with Crippen molar-refractivity contribution in [3.05, 3.63) is 70.5 Å². The quantitative estimate of drug-likeness (QED) is 0.232. The molecular weight excluding hydrogens is 553 g/mol. The maximum absolute atomic E-state index is 6.64. The van der Waals surface area contributed by atoms with Crippen LogP contribution in [-0.4, -0.2) is 34.8 Å². The lowest BCUT2D eigenvalue weighted by Gasteiger charge is -2.32. The van der Waals surface area contributed by atoms with Crippen molar-refractivity contribution in [2.24, 2.45) is 0 Å². The number of aromatic nitrogens is 2. The molecule has 230 valence electrons. The highest BCUT2D eigenvalue weighted by Gasteiger charge is 2.54. The molecule has 4 aromatic rings. The minimum atomic E-state index is -0.328. The number of H-pyrrole nitrogens is 1. The van der Waals surface area contributed by atoms with Gasteiger partial charge in [-0.15, -0.1) is 0 Å². The molecule has 45 heavy (non-hydrogen) atoms. The van der Waals surface area contributed by atoms with E-state index >= 15 is 0 Å². The van der Waals surface area contributed by atoms with E-state index in [1.807, 2.05) is 0 Å². The fourth-order valence-electron chi connectivity index (χ4n) is 10.3. The lowest BCUT2D eigenvalue weighted by atomic mass is 9.69. The standard InChI is InChI=1S/C39H44BN3O2/c1-38(2)39(3,4)45-40(44-38)29-15-14-28(35-24-9-10-25(19-24)36(29)35)27-13-12-26(33-22-7-8-23(18-22)34(27)33)21-11-16-30-32(20-21)43-37(42-30)31-6-5-17-41-31/h11-16,20,22-25,31,41H,5-10,17-19H2,1-4H3,(H,42,43). The van der Waals surface area contributed by atoms with Gasteiger partial charge >= 0.3 is 7.12 Å². The van der Waals surface area contributed by atoms with Crippen LogP contribution in [-0.2, 0) is 9.31 Å². The maximum atomic E-state index is 6.64. The van der Waals surface area contributed by atoms with Gasteiger partial charge in [-0.25, -0.2) is 4.98 Å². The van der Waals surface area contributed by atoms with Gasteiger partial charge in [0.2, 0.25) is 0 Å². The number of hydrogen-bond acceptors (Lipinski definition) is 4. The molecule has 3 heterocycles. The van der Waals surface area contributed by atoms with Crippen LogP contribution in [0.2, 0.25) is 0 Å². The number of nitrogens with zero attached hydrogens (tertiary/aromatic N) is 1. The molecule has 0 amide bonds. The number of aromatic amines is 1. The topological polar surface area (TPSA) is 59.2 Å². The van der Waals surface area contributed by atoms with Gasteiger partial charge in [0.05, 0.1) is 28.3 Å². The van der Waals surface area contributed by atoms with Gasteiger partial charge in [0.1, 0.15) is 5.82 Å². The van der Waals surface area contributed by atoms with Crippen LogP contribution in [0, 0.1) is 0 Å². The molecule has 1 aromatic heterocycles. The van der Waals surface area contributed by atoms with E-state index in [9.17, 15) is 0 Å². The molecule has 2 saturated carbocycles. The first kappa shape index (κ1) is 27.2. The molecule has 0 spiro atoms. The highest BCUT2D eigenvalue weighted by atomic mass is 16.7. The van der Waals surface area contributed by atoms with E-state index in [0.717, 1.165) is 29.8 Å². The van der Waals surface area contributed by atoms with Gasteiger partial charge < -0.3 is 19.6 Å². The molecular formula is C39H44BN3O2. The SMILES string of the molecule is CC1(C)OB(c2ccc(-c3ccc(-c4ccc5nc(C6CCCN6)[nH]c5c4)c4c3C3CCC4C3)c3c2C2CCC3C2)OC1(C)C. The van der Waals surface area contributed by atoms with Gasteiger partial charge in [-0.3, -0.25) is 0 Å². The van der Waals surface area contributed by atoms with Crippen LogP contribution in [0.1, 0.15) is 137 Å². The Labute approximate surface area is 267 Å². The number of hydrogen-bond donors (Lipinski definition) is 2. The van der Waals surface area contributed by atoms with E-state index in [-0.39, 0.29) is 18.3 Å². The second kappa shape index (κ2) is 9.33. The van der Waals surface area contributed by atoms with Crippen molar-refractivity contribution >= 4 is 23.6 Å². The van der Waals surface area contributed by atoms with Crippen molar-refractivity contribution in [2.75, 3.05) is 6.54 Å². The van der Waals surface area contributed by atoms with Crippen LogP contribution >= 0.6 is 0 Å². The van der Waals surface area contributed by atoms with Gasteiger partial charge in [-0.2, -0.15) is 0 Å². The van der Waals surface area contributed by atoms with Crippen LogP contribution < -0.4 is 10.8 Å². The highest BCUT2D eigenvalue weighted by molar-refractivity contribution is 6.62. The first-order chi connectivity index (χ1) is 21.8. The van der Waals surface area contributed by atoms with E-state index in [4.69, 9.17) is 14.3 Å². The van der Waals surface area contributed by atoms with Gasteiger partial charge in [-0.1, -0.05) is 30.3 Å². The van der Waals surface area contributed by atoms with Crippen molar-refractivity contribution < 1.29 is 9.31 Å². The van der Waals surface area contributed by atoms with E-state index < -0.39 is 0 Å². The molecule has 4 fully saturated rings. The molecule has 5 unspecified atom stereocenters. The summed E-state index contributed by atoms with van der Waals surface area (Å²) in [6, 6.07) is 17.0. The zero-order valence-corrected chi connectivity index (χ0v) is 27.1. The Morgan fingerprint density at radius 1 is 0.711 bits per heavy atom. The molecule has 4 bridgehead atoms. The Kier molecular flexibility index (Phi) is 5.64. The van der Waals surface area contributed by atoms with E-state index in [2.05, 4.69) is 80.5 Å².